The van der Waals surface area contributed by atoms with Gasteiger partial charge in [0, 0.05) is 38.2 Å². The van der Waals surface area contributed by atoms with Gasteiger partial charge >= 0.3 is 5.97 Å². The Bertz CT molecular complexity index is 1010. The molecule has 0 amide bonds. The lowest BCUT2D eigenvalue weighted by Gasteiger charge is -2.42. The summed E-state index contributed by atoms with van der Waals surface area (Å²) < 4.78 is 7.31. The van der Waals surface area contributed by atoms with Crippen LogP contribution < -0.4 is 0 Å². The highest BCUT2D eigenvalue weighted by atomic mass is 16.5. The highest BCUT2D eigenvalue weighted by molar-refractivity contribution is 6.28. The maximum absolute atomic E-state index is 13.6. The Kier molecular flexibility index (Phi) is 4.84. The molecule has 0 saturated carbocycles. The van der Waals surface area contributed by atoms with E-state index in [2.05, 4.69) is 0 Å². The third kappa shape index (κ3) is 3.07. The topological polar surface area (TPSA) is 106 Å². The zero-order valence-corrected chi connectivity index (χ0v) is 15.8. The lowest BCUT2D eigenvalue weighted by molar-refractivity contribution is -0.139. The predicted molar refractivity (Wildman–Crippen MR) is 104 cm³/mol. The molecule has 2 aromatic rings. The molecule has 7 heteroatoms. The average molecular weight is 395 g/mol. The number of hydrogen-bond acceptors (Lipinski definition) is 5. The van der Waals surface area contributed by atoms with E-state index < -0.39 is 29.5 Å². The second kappa shape index (κ2) is 7.33. The van der Waals surface area contributed by atoms with Crippen molar-refractivity contribution in [1.29, 1.82) is 0 Å². The third-order valence-electron chi connectivity index (χ3n) is 5.67. The van der Waals surface area contributed by atoms with Crippen LogP contribution in [0.3, 0.4) is 0 Å². The zero-order chi connectivity index (χ0) is 20.6. The van der Waals surface area contributed by atoms with Gasteiger partial charge < -0.3 is 19.5 Å². The average Bonchev–Trinajstić information content (AvgIpc) is 3.19. The number of aliphatic hydroxyl groups is 1. The van der Waals surface area contributed by atoms with Crippen molar-refractivity contribution in [2.45, 2.75) is 31.2 Å². The number of fused-ring (bicyclic) bond motifs is 2. The fourth-order valence-electron chi connectivity index (χ4n) is 4.25. The summed E-state index contributed by atoms with van der Waals surface area (Å²) in [5.74, 6) is -2.62. The minimum absolute atomic E-state index is 0.293. The number of rotatable bonds is 5. The van der Waals surface area contributed by atoms with E-state index in [4.69, 9.17) is 9.84 Å². The summed E-state index contributed by atoms with van der Waals surface area (Å²) in [5.41, 5.74) is 0.732. The van der Waals surface area contributed by atoms with Gasteiger partial charge in [0.25, 0.3) is 0 Å². The molecule has 7 nitrogen and oxygen atoms in total. The molecular formula is C22H21NO6. The normalized spacial score (nSPS) is 18.0. The molecule has 0 aliphatic carbocycles. The molecule has 1 saturated heterocycles. The van der Waals surface area contributed by atoms with Crippen molar-refractivity contribution in [3.8, 4) is 11.3 Å². The monoisotopic (exact) mass is 395 g/mol. The molecule has 150 valence electrons. The van der Waals surface area contributed by atoms with Crippen LogP contribution in [0.4, 0.5) is 0 Å². The van der Waals surface area contributed by atoms with Gasteiger partial charge in [-0.3, -0.25) is 14.4 Å². The number of carboxylic acids is 1. The number of carbonyl (C=O) groups excluding carboxylic acids is 2. The van der Waals surface area contributed by atoms with Crippen LogP contribution in [0, 0.1) is 0 Å². The number of allylic oxidation sites excluding steroid dienone is 1. The summed E-state index contributed by atoms with van der Waals surface area (Å²) >= 11 is 0. The van der Waals surface area contributed by atoms with E-state index in [0.29, 0.717) is 31.7 Å². The van der Waals surface area contributed by atoms with E-state index in [0.717, 1.165) is 11.3 Å². The Morgan fingerprint density at radius 2 is 1.66 bits per heavy atom. The third-order valence-corrected chi connectivity index (χ3v) is 5.67. The van der Waals surface area contributed by atoms with Gasteiger partial charge in [-0.2, -0.15) is 0 Å². The molecule has 1 aromatic heterocycles. The Labute approximate surface area is 167 Å². The molecule has 2 N–H and O–H groups in total. The van der Waals surface area contributed by atoms with Gasteiger partial charge in [0.2, 0.25) is 0 Å². The molecule has 0 unspecified atom stereocenters. The number of benzene rings is 1. The van der Waals surface area contributed by atoms with Crippen LogP contribution in [0.2, 0.25) is 0 Å². The molecular weight excluding hydrogens is 374 g/mol. The Morgan fingerprint density at radius 3 is 2.31 bits per heavy atom. The number of nitrogens with zero attached hydrogens (tertiary/aromatic N) is 1. The maximum Gasteiger partial charge on any atom is 0.303 e. The molecule has 0 bridgehead atoms. The standard InChI is InChI=1S/C22H21NO6/c24-17(8-9-18(25)26)19-20(27)16-7-6-15(14-4-2-1-3-5-14)23(16)22(21(19)28)10-12-29-13-11-22/h1-7,27H,8-13H2,(H,25,26). The van der Waals surface area contributed by atoms with Crippen LogP contribution >= 0.6 is 0 Å². The van der Waals surface area contributed by atoms with Crippen molar-refractivity contribution in [2.24, 2.45) is 0 Å². The molecule has 2 aliphatic rings. The Hall–Kier alpha value is -3.19. The van der Waals surface area contributed by atoms with Crippen molar-refractivity contribution < 1.29 is 29.3 Å². The number of aliphatic hydroxyl groups excluding tert-OH is 1. The van der Waals surface area contributed by atoms with E-state index in [9.17, 15) is 19.5 Å². The first-order valence-electron chi connectivity index (χ1n) is 9.54. The lowest BCUT2D eigenvalue weighted by atomic mass is 9.77. The van der Waals surface area contributed by atoms with Gasteiger partial charge in [0.1, 0.15) is 11.1 Å². The van der Waals surface area contributed by atoms with E-state index >= 15 is 0 Å². The first-order chi connectivity index (χ1) is 14.0. The summed E-state index contributed by atoms with van der Waals surface area (Å²) in [5, 5.41) is 19.7. The fourth-order valence-corrected chi connectivity index (χ4v) is 4.25. The highest BCUT2D eigenvalue weighted by Crippen LogP contribution is 2.44. The molecule has 0 atom stereocenters. The van der Waals surface area contributed by atoms with Gasteiger partial charge in [-0.05, 0) is 17.7 Å². The van der Waals surface area contributed by atoms with E-state index in [1.54, 1.807) is 6.07 Å². The summed E-state index contributed by atoms with van der Waals surface area (Å²) in [6.45, 7) is 0.712. The van der Waals surface area contributed by atoms with Crippen LogP contribution in [0.5, 0.6) is 0 Å². The summed E-state index contributed by atoms with van der Waals surface area (Å²) in [6.07, 6.45) is 0.0151. The highest BCUT2D eigenvalue weighted by Gasteiger charge is 2.50. The number of Topliss-reactive ketones (excluding diaryl/α,β-unsaturated/α-hetero) is 2. The quantitative estimate of drug-likeness (QED) is 0.754. The zero-order valence-electron chi connectivity index (χ0n) is 15.8. The minimum Gasteiger partial charge on any atom is -0.505 e. The summed E-state index contributed by atoms with van der Waals surface area (Å²) in [7, 11) is 0. The number of hydrogen-bond donors (Lipinski definition) is 2. The van der Waals surface area contributed by atoms with Crippen molar-refractivity contribution in [3.63, 3.8) is 0 Å². The summed E-state index contributed by atoms with van der Waals surface area (Å²) in [4.78, 5) is 37.1. The molecule has 1 aromatic carbocycles. The second-order valence-electron chi connectivity index (χ2n) is 7.32. The van der Waals surface area contributed by atoms with E-state index in [1.165, 1.54) is 0 Å². The Morgan fingerprint density at radius 1 is 1.00 bits per heavy atom. The first-order valence-corrected chi connectivity index (χ1v) is 9.54. The number of aliphatic carboxylic acids is 1. The molecule has 3 heterocycles. The second-order valence-corrected chi connectivity index (χ2v) is 7.32. The van der Waals surface area contributed by atoms with E-state index in [-0.39, 0.29) is 17.8 Å². The number of ketones is 2. The maximum atomic E-state index is 13.6. The van der Waals surface area contributed by atoms with Gasteiger partial charge in [-0.1, -0.05) is 30.3 Å². The van der Waals surface area contributed by atoms with Crippen molar-refractivity contribution in [1.82, 2.24) is 4.57 Å². The predicted octanol–water partition coefficient (Wildman–Crippen LogP) is 2.95. The molecule has 1 spiro atoms. The van der Waals surface area contributed by atoms with Crippen molar-refractivity contribution >= 4 is 23.3 Å². The van der Waals surface area contributed by atoms with Crippen LogP contribution in [0.1, 0.15) is 31.4 Å². The van der Waals surface area contributed by atoms with E-state index in [1.807, 2.05) is 41.0 Å². The molecule has 0 radical (unpaired) electrons. The van der Waals surface area contributed by atoms with Crippen molar-refractivity contribution in [2.75, 3.05) is 13.2 Å². The van der Waals surface area contributed by atoms with Gasteiger partial charge in [0.05, 0.1) is 12.1 Å². The number of ether oxygens (including phenoxy) is 1. The lowest BCUT2D eigenvalue weighted by Crippen LogP contribution is -2.51. The van der Waals surface area contributed by atoms with Crippen molar-refractivity contribution in [3.05, 3.63) is 53.7 Å². The number of carboxylic acid groups (broad SMARTS) is 1. The minimum atomic E-state index is -1.13. The van der Waals surface area contributed by atoms with Gasteiger partial charge in [0.15, 0.2) is 17.3 Å². The first kappa shape index (κ1) is 19.1. The fraction of sp³-hybridized carbons (Fsp3) is 0.318. The largest absolute Gasteiger partial charge is 0.505 e. The van der Waals surface area contributed by atoms with Gasteiger partial charge in [-0.25, -0.2) is 0 Å². The molecule has 1 fully saturated rings. The SMILES string of the molecule is O=C(O)CCC(=O)C1=C(O)c2ccc(-c3ccccc3)n2C2(CCOCC2)C1=O. The van der Waals surface area contributed by atoms with Crippen LogP contribution in [0.15, 0.2) is 48.0 Å². The molecule has 4 rings (SSSR count). The van der Waals surface area contributed by atoms with Gasteiger partial charge in [-0.15, -0.1) is 0 Å². The number of aromatic nitrogens is 1. The van der Waals surface area contributed by atoms with Crippen LogP contribution in [-0.4, -0.2) is 45.5 Å². The van der Waals surface area contributed by atoms with Crippen LogP contribution in [0.25, 0.3) is 17.0 Å². The van der Waals surface area contributed by atoms with Crippen LogP contribution in [-0.2, 0) is 24.7 Å². The smallest absolute Gasteiger partial charge is 0.303 e. The molecule has 2 aliphatic heterocycles. The summed E-state index contributed by atoms with van der Waals surface area (Å²) in [6, 6.07) is 13.1. The number of carbonyl (C=O) groups is 3. The molecule has 29 heavy (non-hydrogen) atoms. The Balaban J connectivity index is 1.89.